The van der Waals surface area contributed by atoms with Crippen LogP contribution >= 0.6 is 0 Å². The number of amides is 1. The maximum absolute atomic E-state index is 13.3. The molecule has 1 atom stereocenters. The molecule has 0 aliphatic rings. The maximum atomic E-state index is 13.3. The van der Waals surface area contributed by atoms with Crippen molar-refractivity contribution in [1.29, 1.82) is 0 Å². The van der Waals surface area contributed by atoms with E-state index in [9.17, 15) is 14.3 Å². The van der Waals surface area contributed by atoms with Crippen LogP contribution in [0.3, 0.4) is 0 Å². The Bertz CT molecular complexity index is 532. The minimum Gasteiger partial charge on any atom is -0.393 e. The monoisotopic (exact) mass is 278 g/mol. The molecule has 0 aliphatic carbocycles. The summed E-state index contributed by atoms with van der Waals surface area (Å²) in [5.41, 5.74) is 5.96. The summed E-state index contributed by atoms with van der Waals surface area (Å²) in [6, 6.07) is 3.89. The van der Waals surface area contributed by atoms with E-state index in [0.29, 0.717) is 18.5 Å². The van der Waals surface area contributed by atoms with Crippen molar-refractivity contribution in [3.63, 3.8) is 0 Å². The van der Waals surface area contributed by atoms with Crippen LogP contribution in [0.15, 0.2) is 18.2 Å². The number of nitrogens with two attached hydrogens (primary N) is 1. The molecule has 4 nitrogen and oxygen atoms in total. The normalized spacial score (nSPS) is 11.4. The van der Waals surface area contributed by atoms with E-state index >= 15 is 0 Å². The van der Waals surface area contributed by atoms with Gasteiger partial charge in [0.1, 0.15) is 5.82 Å². The van der Waals surface area contributed by atoms with Crippen molar-refractivity contribution in [1.82, 2.24) is 4.90 Å². The molecular formula is C15H19FN2O2. The second-order valence-electron chi connectivity index (χ2n) is 4.56. The summed E-state index contributed by atoms with van der Waals surface area (Å²) in [6.45, 7) is 2.21. The van der Waals surface area contributed by atoms with E-state index in [4.69, 9.17) is 5.73 Å². The first kappa shape index (κ1) is 16.2. The predicted octanol–water partition coefficient (Wildman–Crippen LogP) is 0.979. The molecule has 20 heavy (non-hydrogen) atoms. The highest BCUT2D eigenvalue weighted by atomic mass is 19.1. The van der Waals surface area contributed by atoms with Crippen molar-refractivity contribution in [2.45, 2.75) is 19.4 Å². The fourth-order valence-electron chi connectivity index (χ4n) is 1.64. The molecule has 0 aromatic heterocycles. The standard InChI is InChI=1S/C15H19FN2O2/c1-11(19)7-9-18(2)15(20)14-10-13(16)6-5-12(14)4-3-8-17/h5-6,10-11,19H,7-9,17H2,1-2H3. The summed E-state index contributed by atoms with van der Waals surface area (Å²) in [7, 11) is 1.61. The van der Waals surface area contributed by atoms with E-state index in [1.165, 1.54) is 23.1 Å². The molecule has 0 spiro atoms. The van der Waals surface area contributed by atoms with Gasteiger partial charge in [0, 0.05) is 19.2 Å². The van der Waals surface area contributed by atoms with E-state index in [2.05, 4.69) is 11.8 Å². The van der Waals surface area contributed by atoms with E-state index in [-0.39, 0.29) is 18.0 Å². The number of hydrogen-bond acceptors (Lipinski definition) is 3. The van der Waals surface area contributed by atoms with E-state index in [1.54, 1.807) is 14.0 Å². The highest BCUT2D eigenvalue weighted by Crippen LogP contribution is 2.13. The first-order chi connectivity index (χ1) is 9.45. The van der Waals surface area contributed by atoms with Crippen LogP contribution in [0.4, 0.5) is 4.39 Å². The molecule has 1 amide bonds. The van der Waals surface area contributed by atoms with Crippen molar-refractivity contribution in [3.05, 3.63) is 35.1 Å². The Labute approximate surface area is 118 Å². The van der Waals surface area contributed by atoms with Gasteiger partial charge in [0.2, 0.25) is 0 Å². The molecule has 0 radical (unpaired) electrons. The number of benzene rings is 1. The van der Waals surface area contributed by atoms with Crippen molar-refractivity contribution < 1.29 is 14.3 Å². The van der Waals surface area contributed by atoms with Gasteiger partial charge < -0.3 is 15.7 Å². The number of rotatable bonds is 4. The smallest absolute Gasteiger partial charge is 0.254 e. The zero-order valence-corrected chi connectivity index (χ0v) is 11.7. The molecule has 1 rings (SSSR count). The molecule has 0 fully saturated rings. The Morgan fingerprint density at radius 1 is 1.55 bits per heavy atom. The molecule has 1 aromatic rings. The van der Waals surface area contributed by atoms with Crippen LogP contribution in [0.1, 0.15) is 29.3 Å². The molecule has 0 saturated carbocycles. The molecule has 0 saturated heterocycles. The second kappa shape index (κ2) is 7.63. The molecule has 0 aliphatic heterocycles. The SMILES string of the molecule is CC(O)CCN(C)C(=O)c1cc(F)ccc1C#CCN. The summed E-state index contributed by atoms with van der Waals surface area (Å²) >= 11 is 0. The Kier molecular flexibility index (Phi) is 6.16. The average molecular weight is 278 g/mol. The van der Waals surface area contributed by atoms with Gasteiger partial charge in [0.15, 0.2) is 0 Å². The van der Waals surface area contributed by atoms with E-state index in [1.807, 2.05) is 0 Å². The maximum Gasteiger partial charge on any atom is 0.254 e. The molecule has 3 N–H and O–H groups in total. The van der Waals surface area contributed by atoms with Gasteiger partial charge in [-0.1, -0.05) is 11.8 Å². The third-order valence-corrected chi connectivity index (χ3v) is 2.77. The van der Waals surface area contributed by atoms with Gasteiger partial charge in [-0.05, 0) is 31.5 Å². The number of hydrogen-bond donors (Lipinski definition) is 2. The van der Waals surface area contributed by atoms with E-state index in [0.717, 1.165) is 0 Å². The lowest BCUT2D eigenvalue weighted by molar-refractivity contribution is 0.0768. The molecule has 0 bridgehead atoms. The van der Waals surface area contributed by atoms with Gasteiger partial charge >= 0.3 is 0 Å². The van der Waals surface area contributed by atoms with Crippen LogP contribution in [-0.4, -0.2) is 42.2 Å². The molecule has 108 valence electrons. The Hall–Kier alpha value is -1.90. The minimum absolute atomic E-state index is 0.170. The quantitative estimate of drug-likeness (QED) is 0.807. The lowest BCUT2D eigenvalue weighted by Gasteiger charge is -2.18. The van der Waals surface area contributed by atoms with Crippen molar-refractivity contribution >= 4 is 5.91 Å². The van der Waals surface area contributed by atoms with Crippen molar-refractivity contribution in [2.75, 3.05) is 20.1 Å². The number of aliphatic hydroxyl groups is 1. The first-order valence-corrected chi connectivity index (χ1v) is 6.37. The Balaban J connectivity index is 2.98. The lowest BCUT2D eigenvalue weighted by atomic mass is 10.1. The largest absolute Gasteiger partial charge is 0.393 e. The summed E-state index contributed by atoms with van der Waals surface area (Å²) in [6.07, 6.45) is -0.0317. The van der Waals surface area contributed by atoms with Gasteiger partial charge in [-0.2, -0.15) is 0 Å². The third-order valence-electron chi connectivity index (χ3n) is 2.77. The molecule has 5 heteroatoms. The molecule has 0 heterocycles. The number of aliphatic hydroxyl groups excluding tert-OH is 1. The highest BCUT2D eigenvalue weighted by molar-refractivity contribution is 5.96. The van der Waals surface area contributed by atoms with Gasteiger partial charge in [0.25, 0.3) is 5.91 Å². The van der Waals surface area contributed by atoms with Crippen LogP contribution in [0.25, 0.3) is 0 Å². The van der Waals surface area contributed by atoms with Crippen molar-refractivity contribution in [3.8, 4) is 11.8 Å². The predicted molar refractivity (Wildman–Crippen MR) is 75.6 cm³/mol. The summed E-state index contributed by atoms with van der Waals surface area (Å²) in [4.78, 5) is 13.7. The zero-order valence-electron chi connectivity index (χ0n) is 11.7. The fraction of sp³-hybridized carbons (Fsp3) is 0.400. The van der Waals surface area contributed by atoms with Crippen LogP contribution in [0.2, 0.25) is 0 Å². The third kappa shape index (κ3) is 4.65. The lowest BCUT2D eigenvalue weighted by Crippen LogP contribution is -2.30. The van der Waals surface area contributed by atoms with Crippen LogP contribution in [0, 0.1) is 17.7 Å². The van der Waals surface area contributed by atoms with Gasteiger partial charge in [-0.25, -0.2) is 4.39 Å². The first-order valence-electron chi connectivity index (χ1n) is 6.37. The molecule has 1 unspecified atom stereocenters. The number of carbonyl (C=O) groups excluding carboxylic acids is 1. The highest BCUT2D eigenvalue weighted by Gasteiger charge is 2.16. The fourth-order valence-corrected chi connectivity index (χ4v) is 1.64. The molecule has 1 aromatic carbocycles. The van der Waals surface area contributed by atoms with E-state index < -0.39 is 11.9 Å². The van der Waals surface area contributed by atoms with Gasteiger partial charge in [-0.15, -0.1) is 0 Å². The number of halogens is 1. The van der Waals surface area contributed by atoms with Gasteiger partial charge in [-0.3, -0.25) is 4.79 Å². The molecular weight excluding hydrogens is 259 g/mol. The average Bonchev–Trinajstić information content (AvgIpc) is 2.42. The van der Waals surface area contributed by atoms with Crippen LogP contribution in [0.5, 0.6) is 0 Å². The van der Waals surface area contributed by atoms with Crippen LogP contribution in [-0.2, 0) is 0 Å². The van der Waals surface area contributed by atoms with Crippen molar-refractivity contribution in [2.24, 2.45) is 5.73 Å². The Morgan fingerprint density at radius 2 is 2.25 bits per heavy atom. The second-order valence-corrected chi connectivity index (χ2v) is 4.56. The summed E-state index contributed by atoms with van der Waals surface area (Å²) in [5.74, 6) is 4.60. The summed E-state index contributed by atoms with van der Waals surface area (Å²) in [5, 5.41) is 9.23. The van der Waals surface area contributed by atoms with Gasteiger partial charge in [0.05, 0.1) is 18.2 Å². The summed E-state index contributed by atoms with van der Waals surface area (Å²) < 4.78 is 13.3. The number of nitrogens with zero attached hydrogens (tertiary/aromatic N) is 1. The van der Waals surface area contributed by atoms with Crippen LogP contribution < -0.4 is 5.73 Å². The minimum atomic E-state index is -0.491. The Morgan fingerprint density at radius 3 is 2.85 bits per heavy atom. The topological polar surface area (TPSA) is 66.6 Å². The number of carbonyl (C=O) groups is 1. The zero-order chi connectivity index (χ0) is 15.1.